The van der Waals surface area contributed by atoms with Gasteiger partial charge in [-0.2, -0.15) is 8.42 Å². The van der Waals surface area contributed by atoms with Gasteiger partial charge in [-0.25, -0.2) is 0 Å². The number of hydrogen-bond donors (Lipinski definition) is 1. The molecule has 0 rings (SSSR count). The maximum absolute atomic E-state index is 11.9. The Balaban J connectivity index is 0. The zero-order chi connectivity index (χ0) is 20.5. The van der Waals surface area contributed by atoms with Crippen molar-refractivity contribution in [2.24, 2.45) is 0 Å². The normalized spacial score (nSPS) is 11.9. The molecule has 0 amide bonds. The van der Waals surface area contributed by atoms with Crippen LogP contribution in [0.5, 0.6) is 0 Å². The molecule has 0 bridgehead atoms. The van der Waals surface area contributed by atoms with Gasteiger partial charge in [-0.05, 0) is 6.42 Å². The molecule has 0 aromatic heterocycles. The summed E-state index contributed by atoms with van der Waals surface area (Å²) in [7, 11) is -4.75. The summed E-state index contributed by atoms with van der Waals surface area (Å²) in [5.74, 6) is -2.06. The maximum atomic E-state index is 11.9. The van der Waals surface area contributed by atoms with Crippen molar-refractivity contribution in [1.29, 1.82) is 0 Å². The van der Waals surface area contributed by atoms with Gasteiger partial charge < -0.3 is 9.47 Å². The zero-order valence-electron chi connectivity index (χ0n) is 16.4. The van der Waals surface area contributed by atoms with E-state index in [1.165, 1.54) is 44.6 Å². The fourth-order valence-electron chi connectivity index (χ4n) is 2.53. The van der Waals surface area contributed by atoms with Crippen LogP contribution in [0.25, 0.3) is 0 Å². The first-order chi connectivity index (χ1) is 12.8. The molecule has 0 fully saturated rings. The fraction of sp³-hybridized carbons (Fsp3) is 0.789. The van der Waals surface area contributed by atoms with Crippen molar-refractivity contribution in [3.8, 4) is 0 Å². The molecule has 0 heterocycles. The van der Waals surface area contributed by atoms with Gasteiger partial charge in [0, 0.05) is 0 Å². The van der Waals surface area contributed by atoms with E-state index >= 15 is 0 Å². The Kier molecular flexibility index (Phi) is 19.8. The van der Waals surface area contributed by atoms with Crippen LogP contribution in [-0.2, 0) is 29.2 Å². The Labute approximate surface area is 191 Å². The van der Waals surface area contributed by atoms with Crippen LogP contribution in [0.3, 0.4) is 0 Å². The first-order valence-corrected chi connectivity index (χ1v) is 11.2. The van der Waals surface area contributed by atoms with E-state index < -0.39 is 33.7 Å². The van der Waals surface area contributed by atoms with E-state index in [0.29, 0.717) is 6.42 Å². The first kappa shape index (κ1) is 29.8. The standard InChI is InChI=1S/C19H34O7S.Na.H/c1-3-5-6-7-8-9-10-11-12-13-15-26-19(21)17(27(22,23)24)16-18(20)25-14-4-2;;/h4,17H,2-3,5-16H2,1H3,(H,22,23,24);;. The second-order valence-electron chi connectivity index (χ2n) is 6.53. The summed E-state index contributed by atoms with van der Waals surface area (Å²) < 4.78 is 41.3. The summed E-state index contributed by atoms with van der Waals surface area (Å²) in [4.78, 5) is 23.3. The number of ether oxygens (including phenoxy) is 2. The molecule has 1 unspecified atom stereocenters. The van der Waals surface area contributed by atoms with Gasteiger partial charge in [0.1, 0.15) is 6.61 Å². The topological polar surface area (TPSA) is 107 Å². The second-order valence-corrected chi connectivity index (χ2v) is 8.13. The summed E-state index contributed by atoms with van der Waals surface area (Å²) in [6.45, 7) is 5.50. The number of esters is 2. The fourth-order valence-corrected chi connectivity index (χ4v) is 3.19. The Morgan fingerprint density at radius 3 is 1.93 bits per heavy atom. The van der Waals surface area contributed by atoms with Crippen molar-refractivity contribution >= 4 is 51.6 Å². The predicted molar refractivity (Wildman–Crippen MR) is 111 cm³/mol. The molecule has 160 valence electrons. The molecule has 7 nitrogen and oxygen atoms in total. The molecule has 9 heteroatoms. The van der Waals surface area contributed by atoms with Crippen LogP contribution in [0.15, 0.2) is 12.7 Å². The molecule has 0 aliphatic carbocycles. The summed E-state index contributed by atoms with van der Waals surface area (Å²) in [6, 6.07) is 0. The number of hydrogen-bond acceptors (Lipinski definition) is 6. The average Bonchev–Trinajstić information content (AvgIpc) is 2.61. The van der Waals surface area contributed by atoms with Gasteiger partial charge in [-0.15, -0.1) is 0 Å². The molecule has 0 spiro atoms. The van der Waals surface area contributed by atoms with Gasteiger partial charge in [0.05, 0.1) is 13.0 Å². The minimum absolute atomic E-state index is 0. The van der Waals surface area contributed by atoms with Gasteiger partial charge in [-0.1, -0.05) is 77.4 Å². The molecule has 0 saturated carbocycles. The molecule has 0 aromatic rings. The summed E-state index contributed by atoms with van der Waals surface area (Å²) in [5.41, 5.74) is 0. The molecule has 0 aliphatic rings. The van der Waals surface area contributed by atoms with E-state index in [9.17, 15) is 18.0 Å². The molecule has 1 atom stereocenters. The molecular formula is C19H35NaO7S. The summed E-state index contributed by atoms with van der Waals surface area (Å²) in [6.07, 6.45) is 11.7. The Hall–Kier alpha value is -0.410. The van der Waals surface area contributed by atoms with Gasteiger partial charge in [0.15, 0.2) is 5.25 Å². The minimum atomic E-state index is -4.75. The van der Waals surface area contributed by atoms with E-state index in [2.05, 4.69) is 18.2 Å². The van der Waals surface area contributed by atoms with E-state index in [1.54, 1.807) is 0 Å². The molecule has 0 radical (unpaired) electrons. The van der Waals surface area contributed by atoms with Gasteiger partial charge in [0.25, 0.3) is 10.1 Å². The van der Waals surface area contributed by atoms with Crippen LogP contribution in [0.1, 0.15) is 77.6 Å². The molecular weight excluding hydrogens is 395 g/mol. The van der Waals surface area contributed by atoms with Gasteiger partial charge >= 0.3 is 41.5 Å². The van der Waals surface area contributed by atoms with Crippen LogP contribution in [0.2, 0.25) is 0 Å². The Morgan fingerprint density at radius 1 is 0.964 bits per heavy atom. The van der Waals surface area contributed by atoms with Crippen molar-refractivity contribution in [2.75, 3.05) is 13.2 Å². The molecule has 0 saturated heterocycles. The van der Waals surface area contributed by atoms with Crippen molar-refractivity contribution < 1.29 is 32.0 Å². The zero-order valence-corrected chi connectivity index (χ0v) is 17.2. The van der Waals surface area contributed by atoms with Crippen molar-refractivity contribution in [3.63, 3.8) is 0 Å². The number of rotatable bonds is 17. The van der Waals surface area contributed by atoms with Crippen molar-refractivity contribution in [3.05, 3.63) is 12.7 Å². The van der Waals surface area contributed by atoms with E-state index in [0.717, 1.165) is 19.3 Å². The van der Waals surface area contributed by atoms with Gasteiger partial charge in [-0.3, -0.25) is 14.1 Å². The van der Waals surface area contributed by atoms with Crippen molar-refractivity contribution in [2.45, 2.75) is 82.8 Å². The second kappa shape index (κ2) is 18.6. The van der Waals surface area contributed by atoms with Gasteiger partial charge in [0.2, 0.25) is 0 Å². The van der Waals surface area contributed by atoms with Crippen LogP contribution in [0, 0.1) is 0 Å². The quantitative estimate of drug-likeness (QED) is 0.124. The first-order valence-electron chi connectivity index (χ1n) is 9.72. The number of carbonyl (C=O) groups excluding carboxylic acids is 2. The molecule has 1 N–H and O–H groups in total. The van der Waals surface area contributed by atoms with Crippen molar-refractivity contribution in [1.82, 2.24) is 0 Å². The molecule has 0 aliphatic heterocycles. The van der Waals surface area contributed by atoms with Crippen LogP contribution >= 0.6 is 0 Å². The Morgan fingerprint density at radius 2 is 1.46 bits per heavy atom. The average molecular weight is 431 g/mol. The predicted octanol–water partition coefficient (Wildman–Crippen LogP) is 3.18. The Bertz CT molecular complexity index is 534. The third-order valence-electron chi connectivity index (χ3n) is 4.08. The number of carbonyl (C=O) groups is 2. The van der Waals surface area contributed by atoms with Crippen LogP contribution < -0.4 is 0 Å². The monoisotopic (exact) mass is 430 g/mol. The molecule has 28 heavy (non-hydrogen) atoms. The SMILES string of the molecule is C=CCOC(=O)CC(C(=O)OCCCCCCCCCCCC)S(=O)(=O)O.[NaH]. The third kappa shape index (κ3) is 16.5. The van der Waals surface area contributed by atoms with E-state index in [1.807, 2.05) is 0 Å². The third-order valence-corrected chi connectivity index (χ3v) is 5.16. The van der Waals surface area contributed by atoms with Crippen LogP contribution in [0.4, 0.5) is 0 Å². The summed E-state index contributed by atoms with van der Waals surface area (Å²) in [5, 5.41) is -1.96. The van der Waals surface area contributed by atoms with E-state index in [-0.39, 0.29) is 42.8 Å². The van der Waals surface area contributed by atoms with Crippen LogP contribution in [-0.4, -0.2) is 72.9 Å². The molecule has 0 aromatic carbocycles. The number of unbranched alkanes of at least 4 members (excludes halogenated alkanes) is 9. The van der Waals surface area contributed by atoms with E-state index in [4.69, 9.17) is 9.29 Å². The summed E-state index contributed by atoms with van der Waals surface area (Å²) >= 11 is 0.